The molecule has 2 aliphatic rings. The van der Waals surface area contributed by atoms with Crippen molar-refractivity contribution in [2.45, 2.75) is 25.6 Å². The minimum absolute atomic E-state index is 0.0760. The fourth-order valence-corrected chi connectivity index (χ4v) is 5.78. The van der Waals surface area contributed by atoms with Crippen molar-refractivity contribution in [1.82, 2.24) is 4.57 Å². The van der Waals surface area contributed by atoms with Crippen LogP contribution in [0.4, 0.5) is 0 Å². The van der Waals surface area contributed by atoms with E-state index in [1.54, 1.807) is 35.8 Å². The molecule has 5 nitrogen and oxygen atoms in total. The summed E-state index contributed by atoms with van der Waals surface area (Å²) in [7, 11) is 0. The Morgan fingerprint density at radius 3 is 2.77 bits per heavy atom. The summed E-state index contributed by atoms with van der Waals surface area (Å²) in [5.74, 6) is -0.0406. The van der Waals surface area contributed by atoms with Gasteiger partial charge in [0.15, 0.2) is 4.80 Å². The lowest BCUT2D eigenvalue weighted by Crippen LogP contribution is -2.58. The number of carbonyl (C=O) groups is 1. The summed E-state index contributed by atoms with van der Waals surface area (Å²) in [6.45, 7) is 3.32. The van der Waals surface area contributed by atoms with Crippen LogP contribution in [0.2, 0.25) is 10.0 Å². The van der Waals surface area contributed by atoms with Crippen LogP contribution in [0.1, 0.15) is 31.0 Å². The molecule has 2 aliphatic heterocycles. The zero-order valence-electron chi connectivity index (χ0n) is 16.1. The third-order valence-corrected chi connectivity index (χ3v) is 7.40. The fraction of sp³-hybridized carbons (Fsp3) is 0.227. The molecule has 0 saturated carbocycles. The van der Waals surface area contributed by atoms with Crippen molar-refractivity contribution in [2.75, 3.05) is 0 Å². The van der Waals surface area contributed by atoms with Gasteiger partial charge in [-0.25, -0.2) is 4.99 Å². The molecule has 0 spiro atoms. The molecule has 0 saturated heterocycles. The smallest absolute Gasteiger partial charge is 0.270 e. The molecule has 30 heavy (non-hydrogen) atoms. The maximum atomic E-state index is 13.5. The molecule has 0 amide bonds. The number of Topliss-reactive ketones (excluding diaryl/α,β-unsaturated/α-hetero) is 1. The van der Waals surface area contributed by atoms with Gasteiger partial charge in [-0.15, -0.1) is 0 Å². The van der Waals surface area contributed by atoms with E-state index >= 15 is 0 Å². The molecule has 2 aromatic carbocycles. The number of halogens is 2. The first-order chi connectivity index (χ1) is 14.3. The second-order valence-corrected chi connectivity index (χ2v) is 9.35. The zero-order chi connectivity index (χ0) is 21.2. The van der Waals surface area contributed by atoms with E-state index < -0.39 is 17.7 Å². The van der Waals surface area contributed by atoms with Crippen LogP contribution in [0.3, 0.4) is 0 Å². The summed E-state index contributed by atoms with van der Waals surface area (Å²) >= 11 is 13.7. The van der Waals surface area contributed by atoms with Crippen LogP contribution in [-0.4, -0.2) is 16.1 Å². The third-order valence-electron chi connectivity index (χ3n) is 5.59. The van der Waals surface area contributed by atoms with Crippen molar-refractivity contribution in [1.29, 1.82) is 0 Å². The number of rotatable bonds is 2. The van der Waals surface area contributed by atoms with E-state index in [0.717, 1.165) is 5.56 Å². The number of ether oxygens (including phenoxy) is 1. The molecule has 5 rings (SSSR count). The first-order valence-corrected chi connectivity index (χ1v) is 10.9. The van der Waals surface area contributed by atoms with Gasteiger partial charge in [-0.05, 0) is 37.6 Å². The van der Waals surface area contributed by atoms with Crippen molar-refractivity contribution >= 4 is 46.4 Å². The van der Waals surface area contributed by atoms with Crippen LogP contribution >= 0.6 is 34.5 Å². The normalized spacial score (nSPS) is 24.5. The summed E-state index contributed by atoms with van der Waals surface area (Å²) in [5.41, 5.74) is 0.158. The highest BCUT2D eigenvalue weighted by Gasteiger charge is 2.53. The van der Waals surface area contributed by atoms with Crippen LogP contribution < -0.4 is 19.6 Å². The summed E-state index contributed by atoms with van der Waals surface area (Å²) in [4.78, 5) is 31.3. The average Bonchev–Trinajstić information content (AvgIpc) is 2.98. The van der Waals surface area contributed by atoms with Gasteiger partial charge in [-0.2, -0.15) is 0 Å². The summed E-state index contributed by atoms with van der Waals surface area (Å²) in [5, 5.41) is 0.798. The predicted octanol–water partition coefficient (Wildman–Crippen LogP) is 3.58. The second-order valence-electron chi connectivity index (χ2n) is 7.55. The lowest BCUT2D eigenvalue weighted by Gasteiger charge is -2.45. The molecule has 3 aromatic rings. The highest BCUT2D eigenvalue weighted by atomic mass is 35.5. The Labute approximate surface area is 185 Å². The standard InChI is InChI=1S/C22H16Cl2N2O3S/c1-11(27)17-19-13-7-3-4-9-15(13)29-22(17,2)25-21-26(19)20(28)16(30-21)10-12-6-5-8-14(23)18(12)24/h3-10,17,19H,1-2H3/b16-10-. The predicted molar refractivity (Wildman–Crippen MR) is 117 cm³/mol. The molecule has 8 heteroatoms. The van der Waals surface area contributed by atoms with E-state index in [9.17, 15) is 9.59 Å². The molecule has 0 radical (unpaired) electrons. The molecule has 2 bridgehead atoms. The third kappa shape index (κ3) is 2.78. The van der Waals surface area contributed by atoms with Gasteiger partial charge < -0.3 is 4.74 Å². The van der Waals surface area contributed by atoms with Gasteiger partial charge in [-0.3, -0.25) is 14.2 Å². The number of ketones is 1. The number of fused-ring (bicyclic) bond motifs is 6. The van der Waals surface area contributed by atoms with Crippen molar-refractivity contribution in [3.05, 3.63) is 83.3 Å². The van der Waals surface area contributed by atoms with Gasteiger partial charge in [0.05, 0.1) is 20.6 Å². The molecule has 3 unspecified atom stereocenters. The quantitative estimate of drug-likeness (QED) is 0.589. The molecule has 3 heterocycles. The van der Waals surface area contributed by atoms with Crippen LogP contribution in [0.15, 0.2) is 52.3 Å². The first-order valence-electron chi connectivity index (χ1n) is 9.35. The number of carbonyl (C=O) groups excluding carboxylic acids is 1. The van der Waals surface area contributed by atoms with Crippen molar-refractivity contribution in [3.63, 3.8) is 0 Å². The summed E-state index contributed by atoms with van der Waals surface area (Å²) in [6, 6.07) is 12.3. The zero-order valence-corrected chi connectivity index (χ0v) is 18.4. The maximum Gasteiger partial charge on any atom is 0.270 e. The Bertz CT molecular complexity index is 1390. The minimum Gasteiger partial charge on any atom is -0.465 e. The average molecular weight is 459 g/mol. The monoisotopic (exact) mass is 458 g/mol. The Morgan fingerprint density at radius 2 is 2.00 bits per heavy atom. The molecule has 0 N–H and O–H groups in total. The Morgan fingerprint density at radius 1 is 1.23 bits per heavy atom. The second kappa shape index (κ2) is 6.80. The molecule has 0 aliphatic carbocycles. The molecule has 0 fully saturated rings. The molecule has 152 valence electrons. The van der Waals surface area contributed by atoms with E-state index in [-0.39, 0.29) is 11.3 Å². The van der Waals surface area contributed by atoms with Gasteiger partial charge in [0.25, 0.3) is 5.56 Å². The van der Waals surface area contributed by atoms with Crippen LogP contribution in [0, 0.1) is 5.92 Å². The first kappa shape index (κ1) is 19.5. The number of hydrogen-bond donors (Lipinski definition) is 0. The van der Waals surface area contributed by atoms with E-state index in [2.05, 4.69) is 0 Å². The lowest BCUT2D eigenvalue weighted by molar-refractivity contribution is -0.132. The number of benzene rings is 2. The highest BCUT2D eigenvalue weighted by molar-refractivity contribution is 7.07. The molecular weight excluding hydrogens is 443 g/mol. The number of hydrogen-bond acceptors (Lipinski definition) is 5. The van der Waals surface area contributed by atoms with Crippen LogP contribution in [0.25, 0.3) is 6.08 Å². The van der Waals surface area contributed by atoms with E-state index in [1.165, 1.54) is 18.3 Å². The number of nitrogens with zero attached hydrogens (tertiary/aromatic N) is 2. The number of aromatic nitrogens is 1. The molecule has 3 atom stereocenters. The van der Waals surface area contributed by atoms with Gasteiger partial charge in [0.1, 0.15) is 17.5 Å². The van der Waals surface area contributed by atoms with Crippen LogP contribution in [0.5, 0.6) is 5.75 Å². The van der Waals surface area contributed by atoms with Gasteiger partial charge in [0.2, 0.25) is 5.72 Å². The topological polar surface area (TPSA) is 60.7 Å². The summed E-state index contributed by atoms with van der Waals surface area (Å²) < 4.78 is 8.26. The van der Waals surface area contributed by atoms with Crippen molar-refractivity contribution < 1.29 is 9.53 Å². The largest absolute Gasteiger partial charge is 0.465 e. The number of thiazole rings is 1. The Balaban J connectivity index is 1.82. The van der Waals surface area contributed by atoms with Crippen molar-refractivity contribution in [3.8, 4) is 5.75 Å². The maximum absolute atomic E-state index is 13.5. The minimum atomic E-state index is -1.08. The van der Waals surface area contributed by atoms with Gasteiger partial charge in [-0.1, -0.05) is 64.9 Å². The van der Waals surface area contributed by atoms with Gasteiger partial charge >= 0.3 is 0 Å². The Kier molecular flexibility index (Phi) is 4.43. The molecular formula is C22H16Cl2N2O3S. The number of para-hydroxylation sites is 1. The van der Waals surface area contributed by atoms with E-state index in [1.807, 2.05) is 24.3 Å². The fourth-order valence-electron chi connectivity index (χ4n) is 4.33. The van der Waals surface area contributed by atoms with Crippen LogP contribution in [-0.2, 0) is 4.79 Å². The molecule has 1 aromatic heterocycles. The van der Waals surface area contributed by atoms with E-state index in [4.69, 9.17) is 32.9 Å². The van der Waals surface area contributed by atoms with Gasteiger partial charge in [0, 0.05) is 5.56 Å². The Hall–Kier alpha value is -2.41. The SMILES string of the molecule is CC(=O)C1C2c3ccccc3OC1(C)N=c1s/c(=C\c3cccc(Cl)c3Cl)c(=O)n12. The highest BCUT2D eigenvalue weighted by Crippen LogP contribution is 2.47. The van der Waals surface area contributed by atoms with Crippen molar-refractivity contribution in [2.24, 2.45) is 10.9 Å². The van der Waals surface area contributed by atoms with E-state index in [0.29, 0.717) is 30.7 Å². The summed E-state index contributed by atoms with van der Waals surface area (Å²) in [6.07, 6.45) is 1.71. The lowest BCUT2D eigenvalue weighted by atomic mass is 9.79.